The van der Waals surface area contributed by atoms with Crippen molar-refractivity contribution in [3.8, 4) is 0 Å². The Kier molecular flexibility index (Phi) is 3.66. The number of carbonyl (C=O) groups is 2. The molecule has 0 spiro atoms. The van der Waals surface area contributed by atoms with Gasteiger partial charge in [0.1, 0.15) is 5.69 Å². The van der Waals surface area contributed by atoms with Crippen LogP contribution in [0, 0.1) is 0 Å². The summed E-state index contributed by atoms with van der Waals surface area (Å²) in [7, 11) is 0. The van der Waals surface area contributed by atoms with Crippen LogP contribution in [0.15, 0.2) is 35.1 Å². The highest BCUT2D eigenvalue weighted by molar-refractivity contribution is 5.93. The number of H-pyrrole nitrogens is 1. The third kappa shape index (κ3) is 3.00. The zero-order chi connectivity index (χ0) is 15.7. The molecule has 1 aliphatic rings. The molecule has 2 aromatic rings. The molecule has 1 saturated carbocycles. The van der Waals surface area contributed by atoms with Crippen LogP contribution in [0.1, 0.15) is 30.3 Å². The van der Waals surface area contributed by atoms with Crippen molar-refractivity contribution in [1.82, 2.24) is 10.3 Å². The van der Waals surface area contributed by atoms with Crippen LogP contribution in [0.25, 0.3) is 10.9 Å². The lowest BCUT2D eigenvalue weighted by Crippen LogP contribution is -2.37. The Labute approximate surface area is 126 Å². The van der Waals surface area contributed by atoms with Gasteiger partial charge in [0.2, 0.25) is 0 Å². The van der Waals surface area contributed by atoms with E-state index in [4.69, 9.17) is 4.74 Å². The average Bonchev–Trinajstić information content (AvgIpc) is 3.31. The highest BCUT2D eigenvalue weighted by Gasteiger charge is 2.27. The molecule has 0 aliphatic heterocycles. The second-order valence-electron chi connectivity index (χ2n) is 5.42. The summed E-state index contributed by atoms with van der Waals surface area (Å²) in [5.41, 5.74) is 0.322. The van der Waals surface area contributed by atoms with E-state index in [0.717, 1.165) is 12.8 Å². The van der Waals surface area contributed by atoms with Gasteiger partial charge in [-0.15, -0.1) is 0 Å². The SMILES string of the molecule is C[C@@H](OC(=O)c1cc(=O)c2ccccc2[nH]1)C(=O)NC1CC1. The summed E-state index contributed by atoms with van der Waals surface area (Å²) >= 11 is 0. The Morgan fingerprint density at radius 1 is 1.32 bits per heavy atom. The number of rotatable bonds is 4. The van der Waals surface area contributed by atoms with Crippen LogP contribution >= 0.6 is 0 Å². The van der Waals surface area contributed by atoms with E-state index in [2.05, 4.69) is 10.3 Å². The lowest BCUT2D eigenvalue weighted by Gasteiger charge is -2.13. The molecule has 3 rings (SSSR count). The number of pyridine rings is 1. The van der Waals surface area contributed by atoms with E-state index >= 15 is 0 Å². The second kappa shape index (κ2) is 5.63. The first-order valence-corrected chi connectivity index (χ1v) is 7.18. The summed E-state index contributed by atoms with van der Waals surface area (Å²) in [6.45, 7) is 1.51. The van der Waals surface area contributed by atoms with Crippen molar-refractivity contribution in [2.75, 3.05) is 0 Å². The van der Waals surface area contributed by atoms with Crippen LogP contribution in [-0.2, 0) is 9.53 Å². The van der Waals surface area contributed by atoms with Gasteiger partial charge in [-0.1, -0.05) is 12.1 Å². The van der Waals surface area contributed by atoms with Gasteiger partial charge in [0, 0.05) is 23.0 Å². The van der Waals surface area contributed by atoms with Gasteiger partial charge in [-0.2, -0.15) is 0 Å². The summed E-state index contributed by atoms with van der Waals surface area (Å²) in [6.07, 6.45) is 1.03. The molecule has 6 heteroatoms. The second-order valence-corrected chi connectivity index (χ2v) is 5.42. The van der Waals surface area contributed by atoms with Gasteiger partial charge < -0.3 is 15.0 Å². The number of ether oxygens (including phenoxy) is 1. The van der Waals surface area contributed by atoms with Crippen molar-refractivity contribution >= 4 is 22.8 Å². The Hall–Kier alpha value is -2.63. The fourth-order valence-corrected chi connectivity index (χ4v) is 2.13. The minimum Gasteiger partial charge on any atom is -0.448 e. The number of amides is 1. The number of para-hydroxylation sites is 1. The van der Waals surface area contributed by atoms with Crippen molar-refractivity contribution in [3.63, 3.8) is 0 Å². The first-order chi connectivity index (χ1) is 10.5. The maximum absolute atomic E-state index is 12.1. The lowest BCUT2D eigenvalue weighted by molar-refractivity contribution is -0.129. The molecule has 1 amide bonds. The first kappa shape index (κ1) is 14.3. The van der Waals surface area contributed by atoms with E-state index in [0.29, 0.717) is 10.9 Å². The zero-order valence-electron chi connectivity index (χ0n) is 12.1. The van der Waals surface area contributed by atoms with Crippen molar-refractivity contribution in [3.05, 3.63) is 46.2 Å². The van der Waals surface area contributed by atoms with Gasteiger partial charge in [-0.05, 0) is 31.9 Å². The minimum absolute atomic E-state index is 0.0368. The molecule has 1 fully saturated rings. The molecular weight excluding hydrogens is 284 g/mol. The summed E-state index contributed by atoms with van der Waals surface area (Å²) in [5.74, 6) is -1.04. The molecule has 2 N–H and O–H groups in total. The van der Waals surface area contributed by atoms with Gasteiger partial charge in [0.25, 0.3) is 5.91 Å². The first-order valence-electron chi connectivity index (χ1n) is 7.18. The summed E-state index contributed by atoms with van der Waals surface area (Å²) in [4.78, 5) is 38.7. The molecule has 0 bridgehead atoms. The highest BCUT2D eigenvalue weighted by Crippen LogP contribution is 2.19. The third-order valence-electron chi connectivity index (χ3n) is 3.53. The van der Waals surface area contributed by atoms with Crippen LogP contribution in [0.5, 0.6) is 0 Å². The molecule has 1 aromatic heterocycles. The molecule has 1 aromatic carbocycles. The third-order valence-corrected chi connectivity index (χ3v) is 3.53. The molecule has 0 unspecified atom stereocenters. The molecule has 22 heavy (non-hydrogen) atoms. The number of benzene rings is 1. The topological polar surface area (TPSA) is 88.3 Å². The van der Waals surface area contributed by atoms with Gasteiger partial charge in [-0.3, -0.25) is 9.59 Å². The predicted octanol–water partition coefficient (Wildman–Crippen LogP) is 1.35. The Balaban J connectivity index is 1.76. The maximum atomic E-state index is 12.1. The lowest BCUT2D eigenvalue weighted by atomic mass is 10.2. The maximum Gasteiger partial charge on any atom is 0.355 e. The predicted molar refractivity (Wildman–Crippen MR) is 80.6 cm³/mol. The molecule has 114 valence electrons. The van der Waals surface area contributed by atoms with E-state index in [-0.39, 0.29) is 23.1 Å². The van der Waals surface area contributed by atoms with Crippen molar-refractivity contribution in [1.29, 1.82) is 0 Å². The van der Waals surface area contributed by atoms with Gasteiger partial charge in [0.15, 0.2) is 11.5 Å². The van der Waals surface area contributed by atoms with Crippen LogP contribution in [-0.4, -0.2) is 29.0 Å². The summed E-state index contributed by atoms with van der Waals surface area (Å²) in [6, 6.07) is 8.29. The molecule has 0 radical (unpaired) electrons. The van der Waals surface area contributed by atoms with Crippen LogP contribution in [0.4, 0.5) is 0 Å². The smallest absolute Gasteiger partial charge is 0.355 e. The zero-order valence-corrected chi connectivity index (χ0v) is 12.1. The average molecular weight is 300 g/mol. The Morgan fingerprint density at radius 3 is 2.77 bits per heavy atom. The number of fused-ring (bicyclic) bond motifs is 1. The van der Waals surface area contributed by atoms with E-state index in [1.165, 1.54) is 13.0 Å². The quantitative estimate of drug-likeness (QED) is 0.834. The molecule has 1 heterocycles. The fourth-order valence-electron chi connectivity index (χ4n) is 2.13. The van der Waals surface area contributed by atoms with Crippen molar-refractivity contribution in [2.45, 2.75) is 31.9 Å². The monoisotopic (exact) mass is 300 g/mol. The molecule has 1 aliphatic carbocycles. The van der Waals surface area contributed by atoms with Gasteiger partial charge >= 0.3 is 5.97 Å². The molecular formula is C16H16N2O4. The Morgan fingerprint density at radius 2 is 2.05 bits per heavy atom. The number of hydrogen-bond donors (Lipinski definition) is 2. The van der Waals surface area contributed by atoms with Crippen LogP contribution in [0.3, 0.4) is 0 Å². The van der Waals surface area contributed by atoms with E-state index in [9.17, 15) is 14.4 Å². The Bertz CT molecular complexity index is 792. The standard InChI is InChI=1S/C16H16N2O4/c1-9(15(20)17-10-6-7-10)22-16(21)13-8-14(19)11-4-2-3-5-12(11)18-13/h2-5,8-10H,6-7H2,1H3,(H,17,20)(H,18,19)/t9-/m1/s1. The van der Waals surface area contributed by atoms with Crippen molar-refractivity contribution in [2.24, 2.45) is 0 Å². The van der Waals surface area contributed by atoms with E-state index in [1.807, 2.05) is 0 Å². The number of aromatic nitrogens is 1. The van der Waals surface area contributed by atoms with E-state index in [1.54, 1.807) is 24.3 Å². The number of hydrogen-bond acceptors (Lipinski definition) is 4. The van der Waals surface area contributed by atoms with Crippen LogP contribution < -0.4 is 10.7 Å². The number of esters is 1. The van der Waals surface area contributed by atoms with Gasteiger partial charge in [-0.25, -0.2) is 4.79 Å². The normalized spacial score (nSPS) is 15.3. The molecule has 6 nitrogen and oxygen atoms in total. The molecule has 0 saturated heterocycles. The van der Waals surface area contributed by atoms with Gasteiger partial charge in [0.05, 0.1) is 0 Å². The number of aromatic amines is 1. The summed E-state index contributed by atoms with van der Waals surface area (Å²) < 4.78 is 5.11. The number of nitrogens with one attached hydrogen (secondary N) is 2. The van der Waals surface area contributed by atoms with Crippen LogP contribution in [0.2, 0.25) is 0 Å². The van der Waals surface area contributed by atoms with E-state index < -0.39 is 12.1 Å². The summed E-state index contributed by atoms with van der Waals surface area (Å²) in [5, 5.41) is 3.26. The fraction of sp³-hybridized carbons (Fsp3) is 0.312. The minimum atomic E-state index is -0.900. The molecule has 1 atom stereocenters. The largest absolute Gasteiger partial charge is 0.448 e. The highest BCUT2D eigenvalue weighted by atomic mass is 16.5. The number of carbonyl (C=O) groups excluding carboxylic acids is 2. The van der Waals surface area contributed by atoms with Crippen molar-refractivity contribution < 1.29 is 14.3 Å².